The molecule has 1 amide bonds. The van der Waals surface area contributed by atoms with Crippen LogP contribution in [0.1, 0.15) is 17.7 Å². The highest BCUT2D eigenvalue weighted by Gasteiger charge is 2.44. The molecule has 1 fully saturated rings. The first-order valence-electron chi connectivity index (χ1n) is 6.63. The molecule has 3 heterocycles. The van der Waals surface area contributed by atoms with Gasteiger partial charge in [-0.05, 0) is 6.42 Å². The first-order chi connectivity index (χ1) is 9.85. The molecular formula is C12H15F2N5O2. The lowest BCUT2D eigenvalue weighted by Crippen LogP contribution is -2.46. The molecule has 0 radical (unpaired) electrons. The Hall–Kier alpha value is -2.03. The Bertz CT molecular complexity index is 645. The minimum atomic E-state index is -2.85. The van der Waals surface area contributed by atoms with E-state index in [1.54, 1.807) is 0 Å². The molecule has 2 aliphatic heterocycles. The number of H-pyrrole nitrogens is 1. The summed E-state index contributed by atoms with van der Waals surface area (Å²) in [5.41, 5.74) is 6.10. The zero-order valence-electron chi connectivity index (χ0n) is 11.2. The number of carbonyl (C=O) groups is 1. The monoisotopic (exact) mass is 299 g/mol. The normalized spacial score (nSPS) is 23.9. The summed E-state index contributed by atoms with van der Waals surface area (Å²) in [6, 6.07) is -0.888. The molecule has 1 aromatic rings. The molecule has 0 spiro atoms. The van der Waals surface area contributed by atoms with Gasteiger partial charge in [0, 0.05) is 18.5 Å². The molecule has 0 saturated carbocycles. The van der Waals surface area contributed by atoms with Crippen LogP contribution in [-0.2, 0) is 17.8 Å². The SMILES string of the molecule is Nc1nc2c(c(=O)[nH]1)CCN(C(=O)[C@@H]1CC(F)(F)CN1)C2. The van der Waals surface area contributed by atoms with Crippen molar-refractivity contribution in [3.8, 4) is 0 Å². The molecule has 0 aromatic carbocycles. The highest BCUT2D eigenvalue weighted by Crippen LogP contribution is 2.27. The van der Waals surface area contributed by atoms with Crippen molar-refractivity contribution < 1.29 is 13.6 Å². The van der Waals surface area contributed by atoms with Crippen molar-refractivity contribution >= 4 is 11.9 Å². The lowest BCUT2D eigenvalue weighted by atomic mass is 10.0. The fraction of sp³-hybridized carbons (Fsp3) is 0.583. The van der Waals surface area contributed by atoms with Gasteiger partial charge in [0.25, 0.3) is 11.5 Å². The van der Waals surface area contributed by atoms with E-state index in [9.17, 15) is 18.4 Å². The number of amides is 1. The summed E-state index contributed by atoms with van der Waals surface area (Å²) < 4.78 is 26.3. The summed E-state index contributed by atoms with van der Waals surface area (Å²) in [5.74, 6) is -3.26. The summed E-state index contributed by atoms with van der Waals surface area (Å²) in [7, 11) is 0. The Morgan fingerprint density at radius 3 is 2.90 bits per heavy atom. The first kappa shape index (κ1) is 13.9. The minimum Gasteiger partial charge on any atom is -0.369 e. The minimum absolute atomic E-state index is 0.0152. The van der Waals surface area contributed by atoms with E-state index >= 15 is 0 Å². The summed E-state index contributed by atoms with van der Waals surface area (Å²) >= 11 is 0. The van der Waals surface area contributed by atoms with Gasteiger partial charge >= 0.3 is 0 Å². The van der Waals surface area contributed by atoms with Gasteiger partial charge in [0.1, 0.15) is 0 Å². The largest absolute Gasteiger partial charge is 0.369 e. The number of fused-ring (bicyclic) bond motifs is 1. The molecule has 114 valence electrons. The zero-order valence-corrected chi connectivity index (χ0v) is 11.2. The van der Waals surface area contributed by atoms with Gasteiger partial charge in [0.15, 0.2) is 0 Å². The first-order valence-corrected chi connectivity index (χ1v) is 6.63. The maximum absolute atomic E-state index is 13.2. The van der Waals surface area contributed by atoms with Gasteiger partial charge in [0.2, 0.25) is 11.9 Å². The van der Waals surface area contributed by atoms with E-state index in [1.165, 1.54) is 4.90 Å². The van der Waals surface area contributed by atoms with Crippen LogP contribution in [0.4, 0.5) is 14.7 Å². The fourth-order valence-corrected chi connectivity index (χ4v) is 2.76. The van der Waals surface area contributed by atoms with Crippen LogP contribution in [-0.4, -0.2) is 45.8 Å². The van der Waals surface area contributed by atoms with E-state index in [0.29, 0.717) is 24.2 Å². The van der Waals surface area contributed by atoms with E-state index in [0.717, 1.165) is 0 Å². The highest BCUT2D eigenvalue weighted by atomic mass is 19.3. The van der Waals surface area contributed by atoms with Gasteiger partial charge in [-0.15, -0.1) is 0 Å². The second-order valence-corrected chi connectivity index (χ2v) is 5.38. The van der Waals surface area contributed by atoms with Crippen LogP contribution in [0.2, 0.25) is 0 Å². The number of aromatic nitrogens is 2. The number of nitrogens with zero attached hydrogens (tertiary/aromatic N) is 2. The third-order valence-electron chi connectivity index (χ3n) is 3.81. The van der Waals surface area contributed by atoms with Crippen molar-refractivity contribution in [2.45, 2.75) is 31.4 Å². The number of carbonyl (C=O) groups excluding carboxylic acids is 1. The third kappa shape index (κ3) is 2.60. The number of halogens is 2. The predicted octanol–water partition coefficient (Wildman–Crippen LogP) is -0.766. The highest BCUT2D eigenvalue weighted by molar-refractivity contribution is 5.82. The number of anilines is 1. The molecular weight excluding hydrogens is 284 g/mol. The molecule has 1 aromatic heterocycles. The summed E-state index contributed by atoms with van der Waals surface area (Å²) in [5, 5.41) is 2.54. The van der Waals surface area contributed by atoms with Gasteiger partial charge in [-0.25, -0.2) is 13.8 Å². The third-order valence-corrected chi connectivity index (χ3v) is 3.81. The molecule has 3 rings (SSSR count). The van der Waals surface area contributed by atoms with Crippen molar-refractivity contribution in [3.63, 3.8) is 0 Å². The molecule has 1 atom stereocenters. The average molecular weight is 299 g/mol. The van der Waals surface area contributed by atoms with Crippen LogP contribution in [0, 0.1) is 0 Å². The van der Waals surface area contributed by atoms with Gasteiger partial charge in [-0.2, -0.15) is 0 Å². The lowest BCUT2D eigenvalue weighted by Gasteiger charge is -2.29. The number of hydrogen-bond acceptors (Lipinski definition) is 5. The van der Waals surface area contributed by atoms with E-state index < -0.39 is 30.8 Å². The Kier molecular flexibility index (Phi) is 3.16. The van der Waals surface area contributed by atoms with E-state index in [4.69, 9.17) is 5.73 Å². The van der Waals surface area contributed by atoms with Gasteiger partial charge < -0.3 is 10.6 Å². The van der Waals surface area contributed by atoms with Crippen molar-refractivity contribution in [1.82, 2.24) is 20.2 Å². The van der Waals surface area contributed by atoms with Crippen LogP contribution in [0.5, 0.6) is 0 Å². The standard InChI is InChI=1S/C12H15F2N5O2/c13-12(14)3-7(16-5-12)10(21)19-2-1-6-8(4-19)17-11(15)18-9(6)20/h7,16H,1-5H2,(H3,15,17,18,20)/t7-/m0/s1. The number of nitrogens with two attached hydrogens (primary N) is 1. The molecule has 0 aliphatic carbocycles. The van der Waals surface area contributed by atoms with Crippen molar-refractivity contribution in [2.75, 3.05) is 18.8 Å². The molecule has 2 aliphatic rings. The molecule has 7 nitrogen and oxygen atoms in total. The Morgan fingerprint density at radius 2 is 2.24 bits per heavy atom. The molecule has 4 N–H and O–H groups in total. The van der Waals surface area contributed by atoms with Crippen molar-refractivity contribution in [1.29, 1.82) is 0 Å². The quantitative estimate of drug-likeness (QED) is 0.632. The lowest BCUT2D eigenvalue weighted by molar-refractivity contribution is -0.134. The molecule has 9 heteroatoms. The van der Waals surface area contributed by atoms with E-state index in [1.807, 2.05) is 0 Å². The van der Waals surface area contributed by atoms with Crippen molar-refractivity contribution in [3.05, 3.63) is 21.6 Å². The van der Waals surface area contributed by atoms with Gasteiger partial charge in [-0.3, -0.25) is 19.9 Å². The van der Waals surface area contributed by atoms with Crippen LogP contribution >= 0.6 is 0 Å². The predicted molar refractivity (Wildman–Crippen MR) is 69.7 cm³/mol. The van der Waals surface area contributed by atoms with Gasteiger partial charge in [0.05, 0.1) is 24.8 Å². The number of hydrogen-bond donors (Lipinski definition) is 3. The van der Waals surface area contributed by atoms with E-state index in [-0.39, 0.29) is 18.1 Å². The van der Waals surface area contributed by atoms with Crippen LogP contribution in [0.3, 0.4) is 0 Å². The average Bonchev–Trinajstić information content (AvgIpc) is 2.77. The molecule has 1 saturated heterocycles. The zero-order chi connectivity index (χ0) is 15.2. The van der Waals surface area contributed by atoms with Crippen LogP contribution in [0.15, 0.2) is 4.79 Å². The number of nitrogen functional groups attached to an aromatic ring is 1. The summed E-state index contributed by atoms with van der Waals surface area (Å²) in [6.45, 7) is -0.0605. The number of nitrogens with one attached hydrogen (secondary N) is 2. The van der Waals surface area contributed by atoms with Crippen LogP contribution in [0.25, 0.3) is 0 Å². The second-order valence-electron chi connectivity index (χ2n) is 5.38. The second kappa shape index (κ2) is 4.76. The Balaban J connectivity index is 1.77. The molecule has 0 unspecified atom stereocenters. The van der Waals surface area contributed by atoms with Gasteiger partial charge in [-0.1, -0.05) is 0 Å². The van der Waals surface area contributed by atoms with Crippen LogP contribution < -0.4 is 16.6 Å². The number of alkyl halides is 2. The maximum atomic E-state index is 13.2. The smallest absolute Gasteiger partial charge is 0.262 e. The Labute approximate surface area is 118 Å². The Morgan fingerprint density at radius 1 is 1.48 bits per heavy atom. The maximum Gasteiger partial charge on any atom is 0.262 e. The van der Waals surface area contributed by atoms with Crippen molar-refractivity contribution in [2.24, 2.45) is 0 Å². The summed E-state index contributed by atoms with van der Waals surface area (Å²) in [4.78, 5) is 31.8. The summed E-state index contributed by atoms with van der Waals surface area (Å²) in [6.07, 6.45) is -0.160. The number of aromatic amines is 1. The molecule has 0 bridgehead atoms. The fourth-order valence-electron chi connectivity index (χ4n) is 2.76. The molecule has 21 heavy (non-hydrogen) atoms. The topological polar surface area (TPSA) is 104 Å². The number of rotatable bonds is 1. The van der Waals surface area contributed by atoms with E-state index in [2.05, 4.69) is 15.3 Å².